The normalized spacial score (nSPS) is 11.4. The van der Waals surface area contributed by atoms with Crippen LogP contribution in [0, 0.1) is 34.6 Å². The van der Waals surface area contributed by atoms with Gasteiger partial charge in [-0.25, -0.2) is 28.1 Å². The van der Waals surface area contributed by atoms with Crippen LogP contribution in [0.4, 0.5) is 17.5 Å². The predicted octanol–water partition coefficient (Wildman–Crippen LogP) is 3.55. The molecule has 0 radical (unpaired) electrons. The van der Waals surface area contributed by atoms with Gasteiger partial charge in [0.1, 0.15) is 23.3 Å². The second-order valence-electron chi connectivity index (χ2n) is 7.58. The highest BCUT2D eigenvalue weighted by molar-refractivity contribution is 7.89. The van der Waals surface area contributed by atoms with E-state index in [-0.39, 0.29) is 6.54 Å². The molecule has 31 heavy (non-hydrogen) atoms. The summed E-state index contributed by atoms with van der Waals surface area (Å²) in [5.74, 6) is 2.50. The van der Waals surface area contributed by atoms with Crippen LogP contribution in [0.1, 0.15) is 28.1 Å². The van der Waals surface area contributed by atoms with Gasteiger partial charge >= 0.3 is 0 Å². The molecule has 0 bridgehead atoms. The molecule has 1 aromatic carbocycles. The van der Waals surface area contributed by atoms with Gasteiger partial charge in [0.15, 0.2) is 0 Å². The first-order valence-corrected chi connectivity index (χ1v) is 11.5. The largest absolute Gasteiger partial charge is 0.369 e. The molecule has 2 aromatic heterocycles. The maximum Gasteiger partial charge on any atom is 0.241 e. The number of hydrogen-bond acceptors (Lipinski definition) is 7. The third-order valence-corrected chi connectivity index (χ3v) is 6.37. The first kappa shape index (κ1) is 22.6. The van der Waals surface area contributed by atoms with Crippen molar-refractivity contribution in [2.75, 3.05) is 23.7 Å². The lowest BCUT2D eigenvalue weighted by Crippen LogP contribution is -2.30. The number of pyridine rings is 1. The number of aryl methyl sites for hydroxylation is 5. The zero-order valence-electron chi connectivity index (χ0n) is 18.4. The zero-order valence-corrected chi connectivity index (χ0v) is 19.3. The number of aromatic nitrogens is 3. The standard InChI is InChI=1S/C22H28N6O2S/c1-14-6-7-23-19(12-14)28-21-13-20(26-18(5)27-21)24-8-9-25-31(29,30)22-16(3)10-15(2)11-17(22)4/h6-7,10-13,25H,8-9H2,1-5H3,(H2,23,24,26,27,28). The maximum atomic E-state index is 12.8. The van der Waals surface area contributed by atoms with Crippen LogP contribution < -0.4 is 15.4 Å². The predicted molar refractivity (Wildman–Crippen MR) is 123 cm³/mol. The summed E-state index contributed by atoms with van der Waals surface area (Å²) in [6, 6.07) is 9.36. The van der Waals surface area contributed by atoms with Crippen LogP contribution in [0.15, 0.2) is 41.4 Å². The Morgan fingerprint density at radius 1 is 0.806 bits per heavy atom. The second-order valence-corrected chi connectivity index (χ2v) is 9.29. The number of nitrogens with one attached hydrogen (secondary N) is 3. The first-order chi connectivity index (χ1) is 14.6. The lowest BCUT2D eigenvalue weighted by Gasteiger charge is -2.14. The van der Waals surface area contributed by atoms with Gasteiger partial charge in [0, 0.05) is 25.4 Å². The molecule has 9 heteroatoms. The molecule has 0 atom stereocenters. The number of anilines is 3. The Morgan fingerprint density at radius 3 is 2.16 bits per heavy atom. The fraction of sp³-hybridized carbons (Fsp3) is 0.318. The van der Waals surface area contributed by atoms with Crippen molar-refractivity contribution in [3.63, 3.8) is 0 Å². The summed E-state index contributed by atoms with van der Waals surface area (Å²) in [6.45, 7) is 9.97. The third-order valence-electron chi connectivity index (χ3n) is 4.61. The summed E-state index contributed by atoms with van der Waals surface area (Å²) >= 11 is 0. The van der Waals surface area contributed by atoms with Crippen LogP contribution in [0.2, 0.25) is 0 Å². The molecule has 0 fully saturated rings. The molecule has 2 heterocycles. The highest BCUT2D eigenvalue weighted by atomic mass is 32.2. The second kappa shape index (κ2) is 9.40. The number of rotatable bonds is 8. The Balaban J connectivity index is 1.62. The van der Waals surface area contributed by atoms with Crippen molar-refractivity contribution in [3.8, 4) is 0 Å². The minimum Gasteiger partial charge on any atom is -0.369 e. The van der Waals surface area contributed by atoms with Crippen LogP contribution >= 0.6 is 0 Å². The molecule has 0 aliphatic heterocycles. The molecule has 164 valence electrons. The van der Waals surface area contributed by atoms with Gasteiger partial charge in [-0.2, -0.15) is 0 Å². The molecule has 0 aliphatic rings. The Kier molecular flexibility index (Phi) is 6.87. The fourth-order valence-corrected chi connectivity index (χ4v) is 4.98. The molecular weight excluding hydrogens is 412 g/mol. The molecule has 3 rings (SSSR count). The van der Waals surface area contributed by atoms with E-state index in [1.54, 1.807) is 19.2 Å². The van der Waals surface area contributed by atoms with E-state index in [1.807, 2.05) is 52.0 Å². The van der Waals surface area contributed by atoms with Crippen molar-refractivity contribution in [1.82, 2.24) is 19.7 Å². The quantitative estimate of drug-likeness (QED) is 0.460. The van der Waals surface area contributed by atoms with E-state index in [9.17, 15) is 8.42 Å². The van der Waals surface area contributed by atoms with E-state index < -0.39 is 10.0 Å². The molecule has 3 aromatic rings. The molecule has 0 unspecified atom stereocenters. The van der Waals surface area contributed by atoms with Gasteiger partial charge in [0.25, 0.3) is 0 Å². The topological polar surface area (TPSA) is 109 Å². The zero-order chi connectivity index (χ0) is 22.6. The number of nitrogens with zero attached hydrogens (tertiary/aromatic N) is 3. The van der Waals surface area contributed by atoms with Gasteiger partial charge in [0.05, 0.1) is 4.90 Å². The Labute approximate surface area is 183 Å². The van der Waals surface area contributed by atoms with Gasteiger partial charge < -0.3 is 10.6 Å². The summed E-state index contributed by atoms with van der Waals surface area (Å²) in [5.41, 5.74) is 3.61. The average Bonchev–Trinajstić information content (AvgIpc) is 2.64. The molecule has 0 saturated heterocycles. The molecule has 0 spiro atoms. The molecule has 0 aliphatic carbocycles. The van der Waals surface area contributed by atoms with Crippen molar-refractivity contribution >= 4 is 27.5 Å². The lowest BCUT2D eigenvalue weighted by molar-refractivity contribution is 0.581. The lowest BCUT2D eigenvalue weighted by atomic mass is 10.1. The highest BCUT2D eigenvalue weighted by Crippen LogP contribution is 2.21. The molecule has 3 N–H and O–H groups in total. The van der Waals surface area contributed by atoms with Crippen LogP contribution in [0.5, 0.6) is 0 Å². The van der Waals surface area contributed by atoms with E-state index in [2.05, 4.69) is 30.3 Å². The van der Waals surface area contributed by atoms with Crippen molar-refractivity contribution in [3.05, 3.63) is 64.6 Å². The van der Waals surface area contributed by atoms with E-state index in [0.29, 0.717) is 34.7 Å². The minimum absolute atomic E-state index is 0.223. The van der Waals surface area contributed by atoms with Gasteiger partial charge in [0.2, 0.25) is 10.0 Å². The van der Waals surface area contributed by atoms with Gasteiger partial charge in [-0.05, 0) is 63.4 Å². The smallest absolute Gasteiger partial charge is 0.241 e. The van der Waals surface area contributed by atoms with Crippen LogP contribution in [-0.2, 0) is 10.0 Å². The summed E-state index contributed by atoms with van der Waals surface area (Å²) in [4.78, 5) is 13.4. The first-order valence-electron chi connectivity index (χ1n) is 10.0. The highest BCUT2D eigenvalue weighted by Gasteiger charge is 2.19. The summed E-state index contributed by atoms with van der Waals surface area (Å²) in [5, 5.41) is 6.31. The van der Waals surface area contributed by atoms with Crippen LogP contribution in [0.3, 0.4) is 0 Å². The van der Waals surface area contributed by atoms with Gasteiger partial charge in [-0.15, -0.1) is 0 Å². The van der Waals surface area contributed by atoms with Gasteiger partial charge in [-0.3, -0.25) is 0 Å². The summed E-state index contributed by atoms with van der Waals surface area (Å²) in [6.07, 6.45) is 1.73. The molecule has 0 saturated carbocycles. The van der Waals surface area contributed by atoms with E-state index in [0.717, 1.165) is 22.3 Å². The third kappa shape index (κ3) is 5.99. The number of benzene rings is 1. The van der Waals surface area contributed by atoms with E-state index in [4.69, 9.17) is 0 Å². The van der Waals surface area contributed by atoms with Gasteiger partial charge in [-0.1, -0.05) is 17.7 Å². The van der Waals surface area contributed by atoms with Crippen molar-refractivity contribution in [1.29, 1.82) is 0 Å². The minimum atomic E-state index is -3.60. The summed E-state index contributed by atoms with van der Waals surface area (Å²) in [7, 11) is -3.60. The molecule has 0 amide bonds. The van der Waals surface area contributed by atoms with Crippen molar-refractivity contribution < 1.29 is 8.42 Å². The number of sulfonamides is 1. The Bertz CT molecular complexity index is 1170. The molecule has 8 nitrogen and oxygen atoms in total. The fourth-order valence-electron chi connectivity index (χ4n) is 3.50. The number of hydrogen-bond donors (Lipinski definition) is 3. The van der Waals surface area contributed by atoms with Crippen LogP contribution in [0.25, 0.3) is 0 Å². The Morgan fingerprint density at radius 2 is 1.48 bits per heavy atom. The Hall–Kier alpha value is -3.04. The van der Waals surface area contributed by atoms with Crippen molar-refractivity contribution in [2.45, 2.75) is 39.5 Å². The van der Waals surface area contributed by atoms with Crippen LogP contribution in [-0.4, -0.2) is 36.5 Å². The maximum absolute atomic E-state index is 12.8. The summed E-state index contributed by atoms with van der Waals surface area (Å²) < 4.78 is 28.2. The average molecular weight is 441 g/mol. The van der Waals surface area contributed by atoms with E-state index in [1.165, 1.54) is 0 Å². The molecular formula is C22H28N6O2S. The SMILES string of the molecule is Cc1ccnc(Nc2cc(NCCNS(=O)(=O)c3c(C)cc(C)cc3C)nc(C)n2)c1. The van der Waals surface area contributed by atoms with Crippen molar-refractivity contribution in [2.24, 2.45) is 0 Å². The van der Waals surface area contributed by atoms with E-state index >= 15 is 0 Å². The monoisotopic (exact) mass is 440 g/mol.